The molecule has 1 unspecified atom stereocenters. The van der Waals surface area contributed by atoms with Gasteiger partial charge >= 0.3 is 0 Å². The van der Waals surface area contributed by atoms with Crippen LogP contribution in [-0.2, 0) is 6.54 Å². The molecule has 7 heteroatoms. The maximum atomic E-state index is 13.1. The van der Waals surface area contributed by atoms with E-state index in [4.69, 9.17) is 9.47 Å². The van der Waals surface area contributed by atoms with Gasteiger partial charge in [-0.3, -0.25) is 9.89 Å². The molecule has 1 heterocycles. The van der Waals surface area contributed by atoms with E-state index in [-0.39, 0.29) is 11.9 Å². The second-order valence-electron chi connectivity index (χ2n) is 7.88. The number of nitrogens with one attached hydrogen (secondary N) is 2. The van der Waals surface area contributed by atoms with E-state index in [9.17, 15) is 4.39 Å². The molecule has 3 rings (SSSR count). The predicted molar refractivity (Wildman–Crippen MR) is 122 cm³/mol. The highest BCUT2D eigenvalue weighted by Crippen LogP contribution is 2.20. The first-order valence-corrected chi connectivity index (χ1v) is 10.8. The van der Waals surface area contributed by atoms with Gasteiger partial charge in [-0.1, -0.05) is 18.2 Å². The largest absolute Gasteiger partial charge is 0.497 e. The molecule has 0 amide bonds. The summed E-state index contributed by atoms with van der Waals surface area (Å²) in [4.78, 5) is 6.76. The number of piperidine rings is 1. The molecule has 0 saturated carbocycles. The number of halogens is 1. The molecule has 1 saturated heterocycles. The van der Waals surface area contributed by atoms with Crippen molar-refractivity contribution in [3.8, 4) is 11.5 Å². The van der Waals surface area contributed by atoms with Crippen LogP contribution in [0.25, 0.3) is 0 Å². The summed E-state index contributed by atoms with van der Waals surface area (Å²) in [6, 6.07) is 14.8. The van der Waals surface area contributed by atoms with Gasteiger partial charge < -0.3 is 20.1 Å². The Balaban J connectivity index is 1.38. The Morgan fingerprint density at radius 2 is 1.87 bits per heavy atom. The Morgan fingerprint density at radius 3 is 2.55 bits per heavy atom. The van der Waals surface area contributed by atoms with Crippen molar-refractivity contribution < 1.29 is 13.9 Å². The highest BCUT2D eigenvalue weighted by atomic mass is 19.1. The molecule has 2 N–H and O–H groups in total. The minimum absolute atomic E-state index is 0.0248. The van der Waals surface area contributed by atoms with Crippen LogP contribution < -0.4 is 20.1 Å². The third-order valence-electron chi connectivity index (χ3n) is 5.41. The monoisotopic (exact) mass is 428 g/mol. The summed E-state index contributed by atoms with van der Waals surface area (Å²) in [5, 5.41) is 6.88. The zero-order valence-electron chi connectivity index (χ0n) is 18.6. The zero-order chi connectivity index (χ0) is 22.1. The number of hydrogen-bond donors (Lipinski definition) is 2. The predicted octanol–water partition coefficient (Wildman–Crippen LogP) is 3.43. The van der Waals surface area contributed by atoms with Gasteiger partial charge in [-0.25, -0.2) is 4.39 Å². The van der Waals surface area contributed by atoms with E-state index in [1.165, 1.54) is 12.1 Å². The van der Waals surface area contributed by atoms with Crippen LogP contribution in [0.5, 0.6) is 11.5 Å². The first-order valence-electron chi connectivity index (χ1n) is 10.8. The Hall–Kier alpha value is -2.80. The standard InChI is InChI=1S/C24H33FN4O2/c1-18(31-23-6-4-5-22(15-23)30-3)16-27-24(26-2)28-21-11-13-29(14-12-21)17-19-7-9-20(25)10-8-19/h4-10,15,18,21H,11-14,16-17H2,1-3H3,(H2,26,27,28). The first kappa shape index (κ1) is 22.9. The summed E-state index contributed by atoms with van der Waals surface area (Å²) in [6.07, 6.45) is 2.05. The fourth-order valence-corrected chi connectivity index (χ4v) is 3.66. The van der Waals surface area contributed by atoms with Gasteiger partial charge in [0.1, 0.15) is 23.4 Å². The average Bonchev–Trinajstić information content (AvgIpc) is 2.79. The van der Waals surface area contributed by atoms with Crippen LogP contribution in [0.2, 0.25) is 0 Å². The zero-order valence-corrected chi connectivity index (χ0v) is 18.6. The van der Waals surface area contributed by atoms with Gasteiger partial charge in [0.05, 0.1) is 13.7 Å². The van der Waals surface area contributed by atoms with E-state index in [1.54, 1.807) is 14.2 Å². The topological polar surface area (TPSA) is 58.1 Å². The fraction of sp³-hybridized carbons (Fsp3) is 0.458. The number of nitrogens with zero attached hydrogens (tertiary/aromatic N) is 2. The highest BCUT2D eigenvalue weighted by molar-refractivity contribution is 5.80. The van der Waals surface area contributed by atoms with Crippen LogP contribution in [0.4, 0.5) is 4.39 Å². The number of guanidine groups is 1. The normalized spacial score (nSPS) is 16.6. The summed E-state index contributed by atoms with van der Waals surface area (Å²) >= 11 is 0. The van der Waals surface area contributed by atoms with Gasteiger partial charge in [0, 0.05) is 38.8 Å². The van der Waals surface area contributed by atoms with Crippen molar-refractivity contribution in [2.75, 3.05) is 33.8 Å². The number of ether oxygens (including phenoxy) is 2. The number of methoxy groups -OCH3 is 1. The quantitative estimate of drug-likeness (QED) is 0.498. The van der Waals surface area contributed by atoms with Crippen molar-refractivity contribution in [3.63, 3.8) is 0 Å². The summed E-state index contributed by atoms with van der Waals surface area (Å²) in [5.74, 6) is 2.16. The van der Waals surface area contributed by atoms with E-state index in [0.717, 1.165) is 55.5 Å². The molecule has 1 fully saturated rings. The van der Waals surface area contributed by atoms with Gasteiger partial charge in [-0.15, -0.1) is 0 Å². The van der Waals surface area contributed by atoms with Crippen molar-refractivity contribution in [2.24, 2.45) is 4.99 Å². The second kappa shape index (κ2) is 11.6. The van der Waals surface area contributed by atoms with Crippen LogP contribution in [0, 0.1) is 5.82 Å². The number of rotatable bonds is 8. The van der Waals surface area contributed by atoms with Crippen LogP contribution in [0.15, 0.2) is 53.5 Å². The second-order valence-corrected chi connectivity index (χ2v) is 7.88. The van der Waals surface area contributed by atoms with Crippen molar-refractivity contribution in [1.82, 2.24) is 15.5 Å². The Kier molecular flexibility index (Phi) is 8.53. The van der Waals surface area contributed by atoms with E-state index >= 15 is 0 Å². The van der Waals surface area contributed by atoms with E-state index in [0.29, 0.717) is 12.6 Å². The fourth-order valence-electron chi connectivity index (χ4n) is 3.66. The molecule has 0 radical (unpaired) electrons. The van der Waals surface area contributed by atoms with E-state index in [2.05, 4.69) is 20.5 Å². The number of aliphatic imine (C=N–C) groups is 1. The van der Waals surface area contributed by atoms with Gasteiger partial charge in [0.15, 0.2) is 5.96 Å². The van der Waals surface area contributed by atoms with Gasteiger partial charge in [0.2, 0.25) is 0 Å². The molecule has 1 aliphatic rings. The van der Waals surface area contributed by atoms with Gasteiger partial charge in [-0.2, -0.15) is 0 Å². The highest BCUT2D eigenvalue weighted by Gasteiger charge is 2.20. The molecule has 6 nitrogen and oxygen atoms in total. The molecule has 31 heavy (non-hydrogen) atoms. The third-order valence-corrected chi connectivity index (χ3v) is 5.41. The van der Waals surface area contributed by atoms with Crippen LogP contribution in [-0.4, -0.2) is 56.8 Å². The van der Waals surface area contributed by atoms with Gasteiger partial charge in [0.25, 0.3) is 0 Å². The molecule has 0 spiro atoms. The lowest BCUT2D eigenvalue weighted by molar-refractivity contribution is 0.197. The van der Waals surface area contributed by atoms with Gasteiger partial charge in [-0.05, 0) is 49.6 Å². The molecule has 1 atom stereocenters. The SMILES string of the molecule is CN=C(NCC(C)Oc1cccc(OC)c1)NC1CCN(Cc2ccc(F)cc2)CC1. The lowest BCUT2D eigenvalue weighted by atomic mass is 10.0. The lowest BCUT2D eigenvalue weighted by Crippen LogP contribution is -2.49. The summed E-state index contributed by atoms with van der Waals surface area (Å²) < 4.78 is 24.3. The van der Waals surface area contributed by atoms with E-state index < -0.39 is 0 Å². The molecule has 0 aromatic heterocycles. The van der Waals surface area contributed by atoms with Crippen molar-refractivity contribution in [1.29, 1.82) is 0 Å². The molecule has 168 valence electrons. The lowest BCUT2D eigenvalue weighted by Gasteiger charge is -2.33. The third kappa shape index (κ3) is 7.43. The van der Waals surface area contributed by atoms with E-state index in [1.807, 2.05) is 43.3 Å². The minimum Gasteiger partial charge on any atom is -0.497 e. The minimum atomic E-state index is -0.186. The molecule has 1 aliphatic heterocycles. The maximum absolute atomic E-state index is 13.1. The number of likely N-dealkylation sites (tertiary alicyclic amines) is 1. The molecular formula is C24H33FN4O2. The molecule has 0 aliphatic carbocycles. The van der Waals surface area contributed by atoms with Crippen LogP contribution >= 0.6 is 0 Å². The summed E-state index contributed by atoms with van der Waals surface area (Å²) in [7, 11) is 3.43. The van der Waals surface area contributed by atoms with Crippen molar-refractivity contribution in [3.05, 3.63) is 59.9 Å². The molecular weight excluding hydrogens is 395 g/mol. The Morgan fingerprint density at radius 1 is 1.16 bits per heavy atom. The van der Waals surface area contributed by atoms with Crippen molar-refractivity contribution in [2.45, 2.75) is 38.5 Å². The smallest absolute Gasteiger partial charge is 0.191 e. The molecule has 2 aromatic rings. The number of hydrogen-bond acceptors (Lipinski definition) is 4. The number of benzene rings is 2. The molecule has 2 aromatic carbocycles. The van der Waals surface area contributed by atoms with Crippen LogP contribution in [0.3, 0.4) is 0 Å². The summed E-state index contributed by atoms with van der Waals surface area (Å²) in [5.41, 5.74) is 1.15. The average molecular weight is 429 g/mol. The maximum Gasteiger partial charge on any atom is 0.191 e. The molecule has 0 bridgehead atoms. The van der Waals surface area contributed by atoms with Crippen LogP contribution in [0.1, 0.15) is 25.3 Å². The Bertz CT molecular complexity index is 836. The van der Waals surface area contributed by atoms with Crippen molar-refractivity contribution >= 4 is 5.96 Å². The first-order chi connectivity index (χ1) is 15.1. The Labute approximate surface area is 184 Å². The summed E-state index contributed by atoms with van der Waals surface area (Å²) in [6.45, 7) is 5.52.